The van der Waals surface area contributed by atoms with Crippen LogP contribution in [0.15, 0.2) is 109 Å². The zero-order valence-corrected chi connectivity index (χ0v) is 38.3. The summed E-state index contributed by atoms with van der Waals surface area (Å²) >= 11 is 0. The number of hydrogen-bond acceptors (Lipinski definition) is 1. The minimum Gasteiger partial charge on any atom is -0.344 e. The van der Waals surface area contributed by atoms with Gasteiger partial charge in [-0.2, -0.15) is 4.58 Å². The molecule has 0 aromatic heterocycles. The van der Waals surface area contributed by atoms with Crippen LogP contribution >= 0.6 is 0 Å². The second-order valence-corrected chi connectivity index (χ2v) is 19.0. The molecule has 2 aliphatic heterocycles. The number of benzene rings is 4. The van der Waals surface area contributed by atoms with Crippen LogP contribution in [0, 0.1) is 0 Å². The van der Waals surface area contributed by atoms with Gasteiger partial charge in [-0.1, -0.05) is 204 Å². The van der Waals surface area contributed by atoms with Gasteiger partial charge in [-0.05, 0) is 78.1 Å². The SMILES string of the molecule is CCCCCCCCCCCCN1\C(=C/C=C/C=C/C2=[N+](CCCCCCCCCCCC)c3ccc4ccccc4c3C2(C)C)C(C)(C)c2cc3ccccc3cc21. The molecule has 0 fully saturated rings. The first-order valence-electron chi connectivity index (χ1n) is 24.3. The number of unbranched alkanes of at least 4 members (excludes halogenated alkanes) is 18. The Balaban J connectivity index is 1.17. The van der Waals surface area contributed by atoms with E-state index in [4.69, 9.17) is 0 Å². The fraction of sp³-hybridized carbons (Fsp3) is 0.526. The molecule has 0 unspecified atom stereocenters. The molecule has 4 aromatic rings. The Morgan fingerprint density at radius 3 is 1.69 bits per heavy atom. The van der Waals surface area contributed by atoms with Crippen LogP contribution in [-0.4, -0.2) is 23.4 Å². The standard InChI is InChI=1S/C57H79N2/c1-7-9-11-13-15-17-19-21-23-32-42-58-51-41-40-46-34-30-31-37-49(46)55(51)57(5,6)54(58)39-27-25-26-38-53-56(3,4)50-44-47-35-28-29-36-48(47)45-52(50)59(53)43-33-24-22-20-18-16-14-12-10-8-2/h25-31,34-41,44-45H,7-24,32-33,42-43H2,1-6H3/q+1. The third-order valence-corrected chi connectivity index (χ3v) is 13.7. The van der Waals surface area contributed by atoms with Crippen molar-refractivity contribution >= 4 is 38.6 Å². The number of rotatable bonds is 25. The fourth-order valence-electron chi connectivity index (χ4n) is 10.2. The summed E-state index contributed by atoms with van der Waals surface area (Å²) in [5.41, 5.74) is 8.41. The normalized spacial score (nSPS) is 16.5. The maximum Gasteiger partial charge on any atom is 0.210 e. The van der Waals surface area contributed by atoms with Crippen molar-refractivity contribution in [3.63, 3.8) is 0 Å². The monoisotopic (exact) mass is 792 g/mol. The number of allylic oxidation sites excluding steroid dienone is 6. The van der Waals surface area contributed by atoms with Crippen LogP contribution in [0.25, 0.3) is 21.5 Å². The van der Waals surface area contributed by atoms with Crippen LogP contribution in [0.2, 0.25) is 0 Å². The molecule has 0 N–H and O–H groups in total. The van der Waals surface area contributed by atoms with Crippen molar-refractivity contribution in [1.29, 1.82) is 0 Å². The minimum absolute atomic E-state index is 0.0668. The number of fused-ring (bicyclic) bond motifs is 5. The van der Waals surface area contributed by atoms with Crippen LogP contribution in [0.1, 0.15) is 181 Å². The lowest BCUT2D eigenvalue weighted by atomic mass is 9.79. The lowest BCUT2D eigenvalue weighted by Gasteiger charge is -2.27. The Morgan fingerprint density at radius 2 is 1.07 bits per heavy atom. The summed E-state index contributed by atoms with van der Waals surface area (Å²) in [5, 5.41) is 5.41. The average molecular weight is 792 g/mol. The first-order chi connectivity index (χ1) is 28.8. The molecule has 0 saturated heterocycles. The van der Waals surface area contributed by atoms with Crippen molar-refractivity contribution in [2.75, 3.05) is 18.0 Å². The molecule has 316 valence electrons. The van der Waals surface area contributed by atoms with Crippen molar-refractivity contribution < 1.29 is 4.58 Å². The van der Waals surface area contributed by atoms with E-state index in [-0.39, 0.29) is 10.8 Å². The summed E-state index contributed by atoms with van der Waals surface area (Å²) in [6.07, 6.45) is 39.0. The molecular weight excluding hydrogens is 713 g/mol. The molecule has 0 atom stereocenters. The maximum atomic E-state index is 2.66. The van der Waals surface area contributed by atoms with Crippen molar-refractivity contribution in [1.82, 2.24) is 0 Å². The van der Waals surface area contributed by atoms with E-state index in [1.165, 1.54) is 184 Å². The summed E-state index contributed by atoms with van der Waals surface area (Å²) in [7, 11) is 0. The maximum absolute atomic E-state index is 2.66. The summed E-state index contributed by atoms with van der Waals surface area (Å²) in [4.78, 5) is 2.66. The van der Waals surface area contributed by atoms with Crippen molar-refractivity contribution in [3.05, 3.63) is 120 Å². The lowest BCUT2D eigenvalue weighted by Crippen LogP contribution is -2.28. The largest absolute Gasteiger partial charge is 0.344 e. The molecule has 0 bridgehead atoms. The van der Waals surface area contributed by atoms with Gasteiger partial charge in [0.25, 0.3) is 0 Å². The summed E-state index contributed by atoms with van der Waals surface area (Å²) < 4.78 is 2.66. The van der Waals surface area contributed by atoms with Gasteiger partial charge in [-0.25, -0.2) is 0 Å². The zero-order chi connectivity index (χ0) is 41.5. The Hall–Kier alpha value is -3.91. The molecule has 59 heavy (non-hydrogen) atoms. The minimum atomic E-state index is -0.0829. The van der Waals surface area contributed by atoms with Crippen LogP contribution in [0.5, 0.6) is 0 Å². The van der Waals surface area contributed by atoms with Gasteiger partial charge >= 0.3 is 0 Å². The number of hydrogen-bond donors (Lipinski definition) is 0. The van der Waals surface area contributed by atoms with E-state index in [2.05, 4.69) is 154 Å². The average Bonchev–Trinajstić information content (AvgIpc) is 3.58. The predicted molar refractivity (Wildman–Crippen MR) is 261 cm³/mol. The molecule has 0 saturated carbocycles. The molecule has 4 aromatic carbocycles. The van der Waals surface area contributed by atoms with Gasteiger partial charge in [0.05, 0.1) is 5.41 Å². The molecule has 0 radical (unpaired) electrons. The lowest BCUT2D eigenvalue weighted by molar-refractivity contribution is -0.438. The Labute approximate surface area is 360 Å². The van der Waals surface area contributed by atoms with Crippen molar-refractivity contribution in [2.45, 2.75) is 181 Å². The molecule has 2 nitrogen and oxygen atoms in total. The smallest absolute Gasteiger partial charge is 0.210 e. The predicted octanol–water partition coefficient (Wildman–Crippen LogP) is 17.0. The summed E-state index contributed by atoms with van der Waals surface area (Å²) in [6, 6.07) is 27.5. The molecule has 2 aliphatic rings. The van der Waals surface area contributed by atoms with Crippen LogP contribution in [0.3, 0.4) is 0 Å². The van der Waals surface area contributed by atoms with Gasteiger partial charge in [0.2, 0.25) is 5.69 Å². The molecule has 6 rings (SSSR count). The van der Waals surface area contributed by atoms with Crippen LogP contribution in [-0.2, 0) is 10.8 Å². The highest BCUT2D eigenvalue weighted by atomic mass is 15.2. The van der Waals surface area contributed by atoms with Gasteiger partial charge in [0.15, 0.2) is 5.71 Å². The van der Waals surface area contributed by atoms with Crippen molar-refractivity contribution in [2.24, 2.45) is 0 Å². The molecular formula is C57H79N2+. The number of nitrogens with zero attached hydrogens (tertiary/aromatic N) is 2. The zero-order valence-electron chi connectivity index (χ0n) is 38.3. The van der Waals surface area contributed by atoms with Crippen LogP contribution < -0.4 is 4.90 Å². The van der Waals surface area contributed by atoms with Gasteiger partial charge in [-0.3, -0.25) is 0 Å². The Kier molecular flexibility index (Phi) is 16.7. The van der Waals surface area contributed by atoms with E-state index in [1.807, 2.05) is 0 Å². The van der Waals surface area contributed by atoms with Gasteiger partial charge in [-0.15, -0.1) is 0 Å². The van der Waals surface area contributed by atoms with E-state index < -0.39 is 0 Å². The highest BCUT2D eigenvalue weighted by Gasteiger charge is 2.45. The van der Waals surface area contributed by atoms with E-state index >= 15 is 0 Å². The van der Waals surface area contributed by atoms with Crippen molar-refractivity contribution in [3.8, 4) is 0 Å². The summed E-state index contributed by atoms with van der Waals surface area (Å²) in [6.45, 7) is 16.5. The quantitative estimate of drug-likeness (QED) is 0.0368. The van der Waals surface area contributed by atoms with Gasteiger partial charge in [0.1, 0.15) is 6.54 Å². The van der Waals surface area contributed by atoms with E-state index in [1.54, 1.807) is 0 Å². The fourth-order valence-corrected chi connectivity index (χ4v) is 10.2. The highest BCUT2D eigenvalue weighted by molar-refractivity contribution is 6.07. The van der Waals surface area contributed by atoms with Crippen LogP contribution in [0.4, 0.5) is 11.4 Å². The topological polar surface area (TPSA) is 6.25 Å². The third kappa shape index (κ3) is 11.1. The first kappa shape index (κ1) is 44.6. The van der Waals surface area contributed by atoms with E-state index in [9.17, 15) is 0 Å². The Bertz CT molecular complexity index is 2070. The van der Waals surface area contributed by atoms with Gasteiger partial charge in [0, 0.05) is 47.5 Å². The molecule has 0 spiro atoms. The number of anilines is 1. The Morgan fingerprint density at radius 1 is 0.525 bits per heavy atom. The second kappa shape index (κ2) is 22.1. The summed E-state index contributed by atoms with van der Waals surface area (Å²) in [5.74, 6) is 0. The highest BCUT2D eigenvalue weighted by Crippen LogP contribution is 2.49. The second-order valence-electron chi connectivity index (χ2n) is 19.0. The molecule has 0 aliphatic carbocycles. The van der Waals surface area contributed by atoms with E-state index in [0.717, 1.165) is 13.1 Å². The molecule has 0 amide bonds. The van der Waals surface area contributed by atoms with Gasteiger partial charge < -0.3 is 4.90 Å². The first-order valence-corrected chi connectivity index (χ1v) is 24.3. The molecule has 2 heterocycles. The third-order valence-electron chi connectivity index (χ3n) is 13.7. The van der Waals surface area contributed by atoms with E-state index in [0.29, 0.717) is 0 Å². The molecule has 2 heteroatoms.